The van der Waals surface area contributed by atoms with Crippen molar-refractivity contribution in [2.24, 2.45) is 11.3 Å². The number of nitrogens with zero attached hydrogens (tertiary/aromatic N) is 1. The van der Waals surface area contributed by atoms with Crippen LogP contribution in [0.5, 0.6) is 11.5 Å². The molecule has 0 radical (unpaired) electrons. The molecule has 5 rings (SSSR count). The van der Waals surface area contributed by atoms with Crippen molar-refractivity contribution in [3.05, 3.63) is 100 Å². The van der Waals surface area contributed by atoms with E-state index in [-0.39, 0.29) is 17.3 Å². The van der Waals surface area contributed by atoms with Gasteiger partial charge in [0.1, 0.15) is 6.61 Å². The van der Waals surface area contributed by atoms with Crippen LogP contribution in [0, 0.1) is 11.3 Å². The van der Waals surface area contributed by atoms with E-state index in [4.69, 9.17) is 19.2 Å². The molecule has 1 aromatic heterocycles. The van der Waals surface area contributed by atoms with Crippen LogP contribution in [0.1, 0.15) is 70.3 Å². The number of carboxylic acids is 1. The molecule has 7 nitrogen and oxygen atoms in total. The van der Waals surface area contributed by atoms with Gasteiger partial charge >= 0.3 is 11.9 Å². The zero-order chi connectivity index (χ0) is 30.0. The van der Waals surface area contributed by atoms with Crippen molar-refractivity contribution in [2.75, 3.05) is 14.2 Å². The standard InChI is InChI=1S/C35H35NO6/c1-35(2,3)25-18-24(32-27(19-25)31(33(37)38)26-8-6-7-9-28(26)36-32)16-22-12-15-29(30(17-22)40-4)42-20-21-10-13-23(14-11-21)34(39)41-5/h6-17,25H,18-20H2,1-5H3,(H,37,38)/b24-16-/t25-/m1/s1. The first-order valence-electron chi connectivity index (χ1n) is 13.9. The van der Waals surface area contributed by atoms with Crippen LogP contribution in [-0.2, 0) is 17.8 Å². The molecule has 42 heavy (non-hydrogen) atoms. The third-order valence-electron chi connectivity index (χ3n) is 7.95. The minimum Gasteiger partial charge on any atom is -0.493 e. The van der Waals surface area contributed by atoms with Crippen LogP contribution >= 0.6 is 0 Å². The Morgan fingerprint density at radius 1 is 0.976 bits per heavy atom. The largest absolute Gasteiger partial charge is 0.493 e. The number of methoxy groups -OCH3 is 2. The molecule has 1 aliphatic carbocycles. The average molecular weight is 566 g/mol. The van der Waals surface area contributed by atoms with Crippen molar-refractivity contribution in [1.82, 2.24) is 4.98 Å². The van der Waals surface area contributed by atoms with Gasteiger partial charge in [0.15, 0.2) is 11.5 Å². The fourth-order valence-electron chi connectivity index (χ4n) is 5.49. The van der Waals surface area contributed by atoms with Crippen molar-refractivity contribution in [1.29, 1.82) is 0 Å². The van der Waals surface area contributed by atoms with E-state index in [0.29, 0.717) is 46.6 Å². The molecule has 0 aliphatic heterocycles. The molecule has 4 aromatic rings. The van der Waals surface area contributed by atoms with Crippen molar-refractivity contribution in [2.45, 2.75) is 40.2 Å². The number of para-hydroxylation sites is 1. The fourth-order valence-corrected chi connectivity index (χ4v) is 5.49. The first kappa shape index (κ1) is 28.9. The molecule has 1 aliphatic rings. The lowest BCUT2D eigenvalue weighted by Crippen LogP contribution is -2.28. The molecule has 0 spiro atoms. The summed E-state index contributed by atoms with van der Waals surface area (Å²) in [7, 11) is 2.95. The number of allylic oxidation sites excluding steroid dienone is 1. The van der Waals surface area contributed by atoms with Gasteiger partial charge in [0, 0.05) is 5.39 Å². The molecule has 0 amide bonds. The van der Waals surface area contributed by atoms with E-state index < -0.39 is 5.97 Å². The Morgan fingerprint density at radius 2 is 1.71 bits per heavy atom. The van der Waals surface area contributed by atoms with Gasteiger partial charge in [0.25, 0.3) is 0 Å². The maximum absolute atomic E-state index is 12.6. The van der Waals surface area contributed by atoms with Crippen LogP contribution in [0.3, 0.4) is 0 Å². The summed E-state index contributed by atoms with van der Waals surface area (Å²) in [5.41, 5.74) is 5.83. The lowest BCUT2D eigenvalue weighted by Gasteiger charge is -2.36. The van der Waals surface area contributed by atoms with Gasteiger partial charge in [-0.3, -0.25) is 0 Å². The minimum atomic E-state index is -0.929. The second kappa shape index (κ2) is 11.7. The Bertz CT molecular complexity index is 1680. The topological polar surface area (TPSA) is 95.0 Å². The highest BCUT2D eigenvalue weighted by atomic mass is 16.5. The summed E-state index contributed by atoms with van der Waals surface area (Å²) >= 11 is 0. The summed E-state index contributed by atoms with van der Waals surface area (Å²) in [6.07, 6.45) is 3.53. The van der Waals surface area contributed by atoms with Crippen LogP contribution in [-0.4, -0.2) is 36.2 Å². The highest BCUT2D eigenvalue weighted by Crippen LogP contribution is 2.45. The molecule has 0 saturated heterocycles. The lowest BCUT2D eigenvalue weighted by atomic mass is 9.69. The summed E-state index contributed by atoms with van der Waals surface area (Å²) in [5, 5.41) is 11.0. The van der Waals surface area contributed by atoms with Crippen molar-refractivity contribution >= 4 is 34.5 Å². The molecule has 0 fully saturated rings. The van der Waals surface area contributed by atoms with Crippen molar-refractivity contribution in [3.8, 4) is 11.5 Å². The van der Waals surface area contributed by atoms with Gasteiger partial charge in [0.2, 0.25) is 0 Å². The number of pyridine rings is 1. The molecule has 1 atom stereocenters. The molecule has 3 aromatic carbocycles. The molecule has 0 saturated carbocycles. The Morgan fingerprint density at radius 3 is 2.38 bits per heavy atom. The number of carbonyl (C=O) groups is 2. The van der Waals surface area contributed by atoms with Crippen LogP contribution in [0.15, 0.2) is 66.7 Å². The van der Waals surface area contributed by atoms with Crippen LogP contribution in [0.2, 0.25) is 0 Å². The van der Waals surface area contributed by atoms with Gasteiger partial charge in [0.05, 0.1) is 36.6 Å². The first-order chi connectivity index (χ1) is 20.1. The van der Waals surface area contributed by atoms with Crippen molar-refractivity contribution < 1.29 is 28.9 Å². The van der Waals surface area contributed by atoms with E-state index in [1.54, 1.807) is 19.2 Å². The molecule has 1 heterocycles. The molecule has 0 bridgehead atoms. The van der Waals surface area contributed by atoms with Gasteiger partial charge < -0.3 is 19.3 Å². The molecule has 0 unspecified atom stereocenters. The maximum Gasteiger partial charge on any atom is 0.337 e. The van der Waals surface area contributed by atoms with E-state index in [1.807, 2.05) is 54.6 Å². The molecule has 216 valence electrons. The molecular weight excluding hydrogens is 530 g/mol. The lowest BCUT2D eigenvalue weighted by molar-refractivity contribution is 0.0599. The first-order valence-corrected chi connectivity index (χ1v) is 13.9. The number of esters is 1. The second-order valence-corrected chi connectivity index (χ2v) is 11.7. The molecular formula is C35H35NO6. The van der Waals surface area contributed by atoms with E-state index in [9.17, 15) is 14.7 Å². The van der Waals surface area contributed by atoms with Gasteiger partial charge in [-0.1, -0.05) is 57.2 Å². The van der Waals surface area contributed by atoms with Crippen LogP contribution in [0.4, 0.5) is 0 Å². The highest BCUT2D eigenvalue weighted by molar-refractivity contribution is 6.06. The Balaban J connectivity index is 1.50. The number of carbonyl (C=O) groups excluding carboxylic acids is 1. The SMILES string of the molecule is COC(=O)c1ccc(COc2ccc(/C=C3/C[C@@H](C(C)(C)C)Cc4c3nc3ccccc3c4C(=O)O)cc2OC)cc1. The predicted octanol–water partition coefficient (Wildman–Crippen LogP) is 7.46. The number of carboxylic acid groups (broad SMARTS) is 1. The smallest absolute Gasteiger partial charge is 0.337 e. The summed E-state index contributed by atoms with van der Waals surface area (Å²) in [6, 6.07) is 20.3. The molecule has 7 heteroatoms. The summed E-state index contributed by atoms with van der Waals surface area (Å²) in [6.45, 7) is 6.90. The normalized spacial score (nSPS) is 15.7. The fraction of sp³-hybridized carbons (Fsp3) is 0.286. The summed E-state index contributed by atoms with van der Waals surface area (Å²) in [5.74, 6) is 0.0994. The highest BCUT2D eigenvalue weighted by Gasteiger charge is 2.35. The third-order valence-corrected chi connectivity index (χ3v) is 7.95. The average Bonchev–Trinajstić information content (AvgIpc) is 2.98. The number of fused-ring (bicyclic) bond motifs is 2. The van der Waals surface area contributed by atoms with Gasteiger partial charge in [-0.2, -0.15) is 0 Å². The van der Waals surface area contributed by atoms with E-state index in [1.165, 1.54) is 7.11 Å². The number of ether oxygens (including phenoxy) is 3. The van der Waals surface area contributed by atoms with E-state index >= 15 is 0 Å². The zero-order valence-corrected chi connectivity index (χ0v) is 24.6. The van der Waals surface area contributed by atoms with Crippen LogP contribution < -0.4 is 9.47 Å². The number of aromatic nitrogens is 1. The number of rotatable bonds is 7. The molecule has 1 N–H and O–H groups in total. The van der Waals surface area contributed by atoms with Gasteiger partial charge in [-0.15, -0.1) is 0 Å². The number of aromatic carboxylic acids is 1. The zero-order valence-electron chi connectivity index (χ0n) is 24.6. The quantitative estimate of drug-likeness (QED) is 0.233. The second-order valence-electron chi connectivity index (χ2n) is 11.7. The number of hydrogen-bond donors (Lipinski definition) is 1. The third kappa shape index (κ3) is 5.86. The Labute approximate surface area is 245 Å². The monoisotopic (exact) mass is 565 g/mol. The maximum atomic E-state index is 12.6. The Hall–Kier alpha value is -4.65. The Kier molecular flexibility index (Phi) is 8.03. The minimum absolute atomic E-state index is 0.0252. The van der Waals surface area contributed by atoms with E-state index in [2.05, 4.69) is 26.8 Å². The van der Waals surface area contributed by atoms with E-state index in [0.717, 1.165) is 34.4 Å². The summed E-state index contributed by atoms with van der Waals surface area (Å²) in [4.78, 5) is 29.2. The van der Waals surface area contributed by atoms with Gasteiger partial charge in [-0.25, -0.2) is 14.6 Å². The number of benzene rings is 3. The summed E-state index contributed by atoms with van der Waals surface area (Å²) < 4.78 is 16.5. The van der Waals surface area contributed by atoms with Crippen LogP contribution in [0.25, 0.3) is 22.6 Å². The van der Waals surface area contributed by atoms with Crippen molar-refractivity contribution in [3.63, 3.8) is 0 Å². The van der Waals surface area contributed by atoms with Gasteiger partial charge in [-0.05, 0) is 82.8 Å². The predicted molar refractivity (Wildman–Crippen MR) is 163 cm³/mol. The number of hydrogen-bond acceptors (Lipinski definition) is 6.